The lowest BCUT2D eigenvalue weighted by Gasteiger charge is -2.14. The van der Waals surface area contributed by atoms with Gasteiger partial charge in [-0.05, 0) is 12.3 Å². The molecule has 0 aliphatic rings. The molecule has 4 nitrogen and oxygen atoms in total. The second-order valence-electron chi connectivity index (χ2n) is 4.72. The van der Waals surface area contributed by atoms with E-state index in [9.17, 15) is 4.79 Å². The summed E-state index contributed by atoms with van der Waals surface area (Å²) in [6, 6.07) is 0. The van der Waals surface area contributed by atoms with Gasteiger partial charge in [0.1, 0.15) is 0 Å². The molecule has 0 bridgehead atoms. The quantitative estimate of drug-likeness (QED) is 0.665. The molecule has 0 aliphatic carbocycles. The number of nitrogens with zero attached hydrogens (tertiary/aromatic N) is 1. The minimum Gasteiger partial charge on any atom is -0.462 e. The number of carbonyl (C=O) groups is 1. The number of nitrogen functional groups attached to an aromatic ring is 1. The maximum atomic E-state index is 11.9. The van der Waals surface area contributed by atoms with Gasteiger partial charge < -0.3 is 10.5 Å². The van der Waals surface area contributed by atoms with Gasteiger partial charge in [-0.25, -0.2) is 9.78 Å². The van der Waals surface area contributed by atoms with Crippen molar-refractivity contribution in [3.8, 4) is 0 Å². The third-order valence-electron chi connectivity index (χ3n) is 1.87. The Morgan fingerprint density at radius 2 is 2.24 bits per heavy atom. The molecule has 0 atom stereocenters. The molecule has 1 aromatic rings. The van der Waals surface area contributed by atoms with E-state index in [0.717, 1.165) is 0 Å². The third kappa shape index (κ3) is 4.19. The standard InChI is InChI=1S/C12H18N2O2S/c1-5-16-10(15)8(6-12(2,3)4)9-7-17-11(13)14-9/h6-7H,5H2,1-4H3,(H2,13,14)/b8-6+. The van der Waals surface area contributed by atoms with Crippen LogP contribution in [0, 0.1) is 5.41 Å². The van der Waals surface area contributed by atoms with Crippen LogP contribution in [0.2, 0.25) is 0 Å². The lowest BCUT2D eigenvalue weighted by atomic mass is 9.92. The number of aromatic nitrogens is 1. The number of hydrogen-bond donors (Lipinski definition) is 1. The van der Waals surface area contributed by atoms with Crippen molar-refractivity contribution in [3.05, 3.63) is 17.2 Å². The zero-order chi connectivity index (χ0) is 13.1. The topological polar surface area (TPSA) is 65.2 Å². The smallest absolute Gasteiger partial charge is 0.340 e. The molecule has 0 saturated heterocycles. The summed E-state index contributed by atoms with van der Waals surface area (Å²) in [5.74, 6) is -0.354. The second-order valence-corrected chi connectivity index (χ2v) is 5.61. The predicted molar refractivity (Wildman–Crippen MR) is 70.6 cm³/mol. The van der Waals surface area contributed by atoms with Crippen molar-refractivity contribution in [3.63, 3.8) is 0 Å². The maximum absolute atomic E-state index is 11.9. The summed E-state index contributed by atoms with van der Waals surface area (Å²) >= 11 is 1.31. The van der Waals surface area contributed by atoms with Gasteiger partial charge in [-0.1, -0.05) is 26.8 Å². The summed E-state index contributed by atoms with van der Waals surface area (Å²) < 4.78 is 5.03. The van der Waals surface area contributed by atoms with E-state index < -0.39 is 0 Å². The molecule has 0 spiro atoms. The van der Waals surface area contributed by atoms with Crippen LogP contribution in [-0.4, -0.2) is 17.6 Å². The number of carbonyl (C=O) groups excluding carboxylic acids is 1. The molecule has 0 saturated carbocycles. The van der Waals surface area contributed by atoms with Crippen LogP contribution in [0.4, 0.5) is 5.13 Å². The molecule has 5 heteroatoms. The van der Waals surface area contributed by atoms with Gasteiger partial charge >= 0.3 is 5.97 Å². The van der Waals surface area contributed by atoms with E-state index in [1.165, 1.54) is 11.3 Å². The fraction of sp³-hybridized carbons (Fsp3) is 0.500. The molecule has 1 aromatic heterocycles. The number of rotatable bonds is 3. The molecule has 0 aromatic carbocycles. The highest BCUT2D eigenvalue weighted by Crippen LogP contribution is 2.26. The van der Waals surface area contributed by atoms with Crippen molar-refractivity contribution in [1.29, 1.82) is 0 Å². The number of allylic oxidation sites excluding steroid dienone is 1. The highest BCUT2D eigenvalue weighted by Gasteiger charge is 2.19. The Kier molecular flexibility index (Phi) is 4.28. The first-order valence-electron chi connectivity index (χ1n) is 5.45. The summed E-state index contributed by atoms with van der Waals surface area (Å²) in [6.45, 7) is 8.17. The third-order valence-corrected chi connectivity index (χ3v) is 2.54. The number of hydrogen-bond acceptors (Lipinski definition) is 5. The van der Waals surface area contributed by atoms with Crippen molar-refractivity contribution in [2.45, 2.75) is 27.7 Å². The van der Waals surface area contributed by atoms with E-state index >= 15 is 0 Å². The van der Waals surface area contributed by atoms with Gasteiger partial charge in [-0.2, -0.15) is 0 Å². The molecular weight excluding hydrogens is 236 g/mol. The first kappa shape index (κ1) is 13.7. The number of anilines is 1. The summed E-state index contributed by atoms with van der Waals surface area (Å²) in [5, 5.41) is 2.22. The molecule has 0 radical (unpaired) electrons. The van der Waals surface area contributed by atoms with E-state index in [4.69, 9.17) is 10.5 Å². The molecule has 2 N–H and O–H groups in total. The van der Waals surface area contributed by atoms with Crippen molar-refractivity contribution >= 4 is 28.0 Å². The summed E-state index contributed by atoms with van der Waals surface area (Å²) in [7, 11) is 0. The Morgan fingerprint density at radius 3 is 2.65 bits per heavy atom. The number of thiazole rings is 1. The van der Waals surface area contributed by atoms with Gasteiger partial charge in [0.2, 0.25) is 0 Å². The van der Waals surface area contributed by atoms with Gasteiger partial charge in [-0.15, -0.1) is 11.3 Å². The fourth-order valence-electron chi connectivity index (χ4n) is 1.29. The summed E-state index contributed by atoms with van der Waals surface area (Å²) in [6.07, 6.45) is 1.86. The van der Waals surface area contributed by atoms with Gasteiger partial charge in [0, 0.05) is 5.38 Å². The van der Waals surface area contributed by atoms with E-state index in [0.29, 0.717) is 23.0 Å². The Hall–Kier alpha value is -1.36. The largest absolute Gasteiger partial charge is 0.462 e. The van der Waals surface area contributed by atoms with Crippen molar-refractivity contribution in [2.75, 3.05) is 12.3 Å². The van der Waals surface area contributed by atoms with Gasteiger partial charge in [-0.3, -0.25) is 0 Å². The molecule has 0 fully saturated rings. The number of ether oxygens (including phenoxy) is 1. The highest BCUT2D eigenvalue weighted by molar-refractivity contribution is 7.13. The zero-order valence-corrected chi connectivity index (χ0v) is 11.4. The van der Waals surface area contributed by atoms with Crippen LogP contribution in [0.25, 0.3) is 5.57 Å². The monoisotopic (exact) mass is 254 g/mol. The van der Waals surface area contributed by atoms with Crippen LogP contribution in [0.3, 0.4) is 0 Å². The van der Waals surface area contributed by atoms with Crippen LogP contribution < -0.4 is 5.73 Å². The van der Waals surface area contributed by atoms with Crippen LogP contribution >= 0.6 is 11.3 Å². The molecule has 94 valence electrons. The van der Waals surface area contributed by atoms with E-state index in [1.54, 1.807) is 12.3 Å². The van der Waals surface area contributed by atoms with Gasteiger partial charge in [0.05, 0.1) is 17.9 Å². The molecule has 17 heavy (non-hydrogen) atoms. The predicted octanol–water partition coefficient (Wildman–Crippen LogP) is 2.72. The van der Waals surface area contributed by atoms with Crippen LogP contribution in [-0.2, 0) is 9.53 Å². The van der Waals surface area contributed by atoms with E-state index in [2.05, 4.69) is 4.98 Å². The van der Waals surface area contributed by atoms with E-state index in [1.807, 2.05) is 26.8 Å². The average Bonchev–Trinajstić information content (AvgIpc) is 2.60. The minimum atomic E-state index is -0.354. The number of nitrogens with two attached hydrogens (primary N) is 1. The van der Waals surface area contributed by atoms with Crippen LogP contribution in [0.15, 0.2) is 11.5 Å². The van der Waals surface area contributed by atoms with Crippen molar-refractivity contribution in [2.24, 2.45) is 5.41 Å². The fourth-order valence-corrected chi connectivity index (χ4v) is 1.85. The van der Waals surface area contributed by atoms with Gasteiger partial charge in [0.25, 0.3) is 0 Å². The van der Waals surface area contributed by atoms with Crippen LogP contribution in [0.1, 0.15) is 33.4 Å². The Bertz CT molecular complexity index is 430. The average molecular weight is 254 g/mol. The lowest BCUT2D eigenvalue weighted by Crippen LogP contribution is -2.11. The molecule has 0 unspecified atom stereocenters. The second kappa shape index (κ2) is 5.31. The van der Waals surface area contributed by atoms with Crippen LogP contribution in [0.5, 0.6) is 0 Å². The first-order valence-corrected chi connectivity index (χ1v) is 6.33. The molecular formula is C12H18N2O2S. The zero-order valence-electron chi connectivity index (χ0n) is 10.6. The minimum absolute atomic E-state index is 0.125. The van der Waals surface area contributed by atoms with Gasteiger partial charge in [0.15, 0.2) is 5.13 Å². The van der Waals surface area contributed by atoms with Crippen molar-refractivity contribution < 1.29 is 9.53 Å². The Morgan fingerprint density at radius 1 is 1.59 bits per heavy atom. The molecule has 1 heterocycles. The molecule has 0 amide bonds. The SMILES string of the molecule is CCOC(=O)/C(=C/C(C)(C)C)c1csc(N)n1. The Balaban J connectivity index is 3.12. The molecule has 0 aliphatic heterocycles. The highest BCUT2D eigenvalue weighted by atomic mass is 32.1. The summed E-state index contributed by atoms with van der Waals surface area (Å²) in [5.41, 5.74) is 6.52. The van der Waals surface area contributed by atoms with E-state index in [-0.39, 0.29) is 11.4 Å². The first-order chi connectivity index (χ1) is 7.83. The van der Waals surface area contributed by atoms with Crippen molar-refractivity contribution in [1.82, 2.24) is 4.98 Å². The Labute approximate surface area is 106 Å². The maximum Gasteiger partial charge on any atom is 0.340 e. The lowest BCUT2D eigenvalue weighted by molar-refractivity contribution is -0.136. The molecule has 1 rings (SSSR count). The number of esters is 1. The summed E-state index contributed by atoms with van der Waals surface area (Å²) in [4.78, 5) is 16.0. The normalized spacial score (nSPS) is 12.6.